The predicted octanol–water partition coefficient (Wildman–Crippen LogP) is 1.89. The van der Waals surface area contributed by atoms with E-state index in [0.29, 0.717) is 17.8 Å². The van der Waals surface area contributed by atoms with Gasteiger partial charge in [0.25, 0.3) is 0 Å². The second-order valence-electron chi connectivity index (χ2n) is 3.39. The molecule has 16 heavy (non-hydrogen) atoms. The molecule has 0 fully saturated rings. The number of halogens is 1. The van der Waals surface area contributed by atoms with E-state index in [0.717, 1.165) is 5.56 Å². The third-order valence-corrected chi connectivity index (χ3v) is 2.13. The van der Waals surface area contributed by atoms with Gasteiger partial charge in [-0.2, -0.15) is 5.10 Å². The normalized spacial score (nSPS) is 10.1. The van der Waals surface area contributed by atoms with Crippen molar-refractivity contribution in [2.75, 3.05) is 5.32 Å². The minimum absolute atomic E-state index is 0.351. The van der Waals surface area contributed by atoms with Crippen LogP contribution in [0.25, 0.3) is 5.69 Å². The van der Waals surface area contributed by atoms with Gasteiger partial charge in [-0.05, 0) is 30.7 Å². The van der Waals surface area contributed by atoms with E-state index in [1.54, 1.807) is 24.5 Å². The monoisotopic (exact) mass is 219 g/mol. The number of aromatic nitrogens is 2. The summed E-state index contributed by atoms with van der Waals surface area (Å²) < 4.78 is 15.1. The van der Waals surface area contributed by atoms with Gasteiger partial charge >= 0.3 is 0 Å². The second-order valence-corrected chi connectivity index (χ2v) is 3.39. The van der Waals surface area contributed by atoms with E-state index in [2.05, 4.69) is 10.4 Å². The lowest BCUT2D eigenvalue weighted by Gasteiger charge is -2.05. The van der Waals surface area contributed by atoms with Gasteiger partial charge in [0, 0.05) is 11.9 Å². The molecule has 0 aliphatic carbocycles. The Bertz CT molecular complexity index is 522. The van der Waals surface area contributed by atoms with Crippen molar-refractivity contribution >= 4 is 12.1 Å². The summed E-state index contributed by atoms with van der Waals surface area (Å²) in [6, 6.07) is 4.43. The van der Waals surface area contributed by atoms with Gasteiger partial charge in [0.05, 0.1) is 6.20 Å². The molecule has 0 spiro atoms. The molecule has 0 bridgehead atoms. The maximum atomic E-state index is 13.7. The molecule has 4 nitrogen and oxygen atoms in total. The summed E-state index contributed by atoms with van der Waals surface area (Å²) in [6.45, 7) is 1.88. The molecule has 0 aliphatic rings. The van der Waals surface area contributed by atoms with Gasteiger partial charge in [-0.1, -0.05) is 0 Å². The van der Waals surface area contributed by atoms with Gasteiger partial charge in [0.1, 0.15) is 5.69 Å². The van der Waals surface area contributed by atoms with E-state index in [1.165, 1.54) is 10.7 Å². The fraction of sp³-hybridized carbons (Fsp3) is 0.0909. The molecule has 5 heteroatoms. The lowest BCUT2D eigenvalue weighted by Crippen LogP contribution is -2.00. The van der Waals surface area contributed by atoms with E-state index in [1.807, 2.05) is 6.92 Å². The van der Waals surface area contributed by atoms with E-state index in [4.69, 9.17) is 0 Å². The fourth-order valence-corrected chi connectivity index (χ4v) is 1.40. The average Bonchev–Trinajstić information content (AvgIpc) is 2.65. The van der Waals surface area contributed by atoms with Crippen LogP contribution in [-0.4, -0.2) is 16.2 Å². The topological polar surface area (TPSA) is 46.9 Å². The summed E-state index contributed by atoms with van der Waals surface area (Å²) in [4.78, 5) is 10.2. The van der Waals surface area contributed by atoms with Gasteiger partial charge in [-0.15, -0.1) is 0 Å². The molecule has 1 amide bonds. The highest BCUT2D eigenvalue weighted by Crippen LogP contribution is 2.17. The number of hydrogen-bond donors (Lipinski definition) is 1. The van der Waals surface area contributed by atoms with Gasteiger partial charge < -0.3 is 5.32 Å². The summed E-state index contributed by atoms with van der Waals surface area (Å²) in [5.41, 5.74) is 1.72. The number of anilines is 1. The molecule has 2 aromatic rings. The first kappa shape index (κ1) is 10.4. The quantitative estimate of drug-likeness (QED) is 0.801. The minimum atomic E-state index is -0.435. The highest BCUT2D eigenvalue weighted by Gasteiger charge is 2.06. The Morgan fingerprint density at radius 3 is 2.88 bits per heavy atom. The number of carbonyl (C=O) groups is 1. The molecule has 0 radical (unpaired) electrons. The van der Waals surface area contributed by atoms with Crippen molar-refractivity contribution in [3.05, 3.63) is 42.0 Å². The predicted molar refractivity (Wildman–Crippen MR) is 57.9 cm³/mol. The summed E-state index contributed by atoms with van der Waals surface area (Å²) >= 11 is 0. The third kappa shape index (κ3) is 1.93. The Kier molecular flexibility index (Phi) is 2.68. The van der Waals surface area contributed by atoms with Crippen molar-refractivity contribution in [2.24, 2.45) is 0 Å². The van der Waals surface area contributed by atoms with Crippen molar-refractivity contribution in [1.82, 2.24) is 9.78 Å². The van der Waals surface area contributed by atoms with E-state index < -0.39 is 5.82 Å². The van der Waals surface area contributed by atoms with E-state index >= 15 is 0 Å². The van der Waals surface area contributed by atoms with Gasteiger partial charge in [-0.3, -0.25) is 4.79 Å². The van der Waals surface area contributed by atoms with E-state index in [9.17, 15) is 9.18 Å². The second kappa shape index (κ2) is 4.14. The molecular weight excluding hydrogens is 209 g/mol. The first-order valence-corrected chi connectivity index (χ1v) is 4.72. The van der Waals surface area contributed by atoms with E-state index in [-0.39, 0.29) is 0 Å². The van der Waals surface area contributed by atoms with Gasteiger partial charge in [0.2, 0.25) is 6.41 Å². The Morgan fingerprint density at radius 2 is 2.31 bits per heavy atom. The van der Waals surface area contributed by atoms with Crippen LogP contribution in [0.5, 0.6) is 0 Å². The van der Waals surface area contributed by atoms with Crippen LogP contribution < -0.4 is 5.32 Å². The summed E-state index contributed by atoms with van der Waals surface area (Å²) in [6.07, 6.45) is 3.88. The number of amides is 1. The maximum Gasteiger partial charge on any atom is 0.211 e. The zero-order valence-corrected chi connectivity index (χ0v) is 8.64. The van der Waals surface area contributed by atoms with Gasteiger partial charge in [0.15, 0.2) is 5.82 Å². The minimum Gasteiger partial charge on any atom is -0.329 e. The van der Waals surface area contributed by atoms with Crippen LogP contribution in [0, 0.1) is 12.7 Å². The van der Waals surface area contributed by atoms with Crippen molar-refractivity contribution in [1.29, 1.82) is 0 Å². The molecule has 0 saturated carbocycles. The summed E-state index contributed by atoms with van der Waals surface area (Å²) in [5.74, 6) is -0.435. The van der Waals surface area contributed by atoms with Crippen LogP contribution in [0.15, 0.2) is 30.6 Å². The molecule has 0 unspecified atom stereocenters. The SMILES string of the molecule is Cc1cnn(-c2ccc(NC=O)cc2F)c1. The molecule has 0 saturated heterocycles. The van der Waals surface area contributed by atoms with Crippen molar-refractivity contribution < 1.29 is 9.18 Å². The van der Waals surface area contributed by atoms with Crippen LogP contribution in [0.3, 0.4) is 0 Å². The Hall–Kier alpha value is -2.17. The highest BCUT2D eigenvalue weighted by molar-refractivity contribution is 5.71. The Labute approximate surface area is 91.7 Å². The van der Waals surface area contributed by atoms with Crippen molar-refractivity contribution in [2.45, 2.75) is 6.92 Å². The first-order valence-electron chi connectivity index (χ1n) is 4.72. The Morgan fingerprint density at radius 1 is 1.50 bits per heavy atom. The molecule has 0 atom stereocenters. The average molecular weight is 219 g/mol. The molecule has 1 aromatic carbocycles. The van der Waals surface area contributed by atoms with Crippen molar-refractivity contribution in [3.8, 4) is 5.69 Å². The zero-order chi connectivity index (χ0) is 11.5. The standard InChI is InChI=1S/C11H10FN3O/c1-8-5-14-15(6-8)11-3-2-9(13-7-16)4-10(11)12/h2-7H,1H3,(H,13,16). The van der Waals surface area contributed by atoms with Crippen LogP contribution >= 0.6 is 0 Å². The zero-order valence-electron chi connectivity index (χ0n) is 8.64. The summed E-state index contributed by atoms with van der Waals surface area (Å²) in [5, 5.41) is 6.39. The maximum absolute atomic E-state index is 13.7. The number of nitrogens with zero attached hydrogens (tertiary/aromatic N) is 2. The number of rotatable bonds is 3. The third-order valence-electron chi connectivity index (χ3n) is 2.13. The Balaban J connectivity index is 2.39. The summed E-state index contributed by atoms with van der Waals surface area (Å²) in [7, 11) is 0. The van der Waals surface area contributed by atoms with Gasteiger partial charge in [-0.25, -0.2) is 9.07 Å². The lowest BCUT2D eigenvalue weighted by molar-refractivity contribution is -0.105. The van der Waals surface area contributed by atoms with Crippen LogP contribution in [0.4, 0.5) is 10.1 Å². The molecular formula is C11H10FN3O. The fourth-order valence-electron chi connectivity index (χ4n) is 1.40. The molecule has 2 rings (SSSR count). The number of aryl methyl sites for hydroxylation is 1. The molecule has 0 aliphatic heterocycles. The number of benzene rings is 1. The smallest absolute Gasteiger partial charge is 0.211 e. The van der Waals surface area contributed by atoms with Crippen LogP contribution in [0.1, 0.15) is 5.56 Å². The van der Waals surface area contributed by atoms with Crippen molar-refractivity contribution in [3.63, 3.8) is 0 Å². The number of hydrogen-bond acceptors (Lipinski definition) is 2. The number of carbonyl (C=O) groups excluding carboxylic acids is 1. The molecule has 1 heterocycles. The highest BCUT2D eigenvalue weighted by atomic mass is 19.1. The molecule has 82 valence electrons. The molecule has 1 N–H and O–H groups in total. The number of nitrogens with one attached hydrogen (secondary N) is 1. The molecule has 1 aromatic heterocycles. The lowest BCUT2D eigenvalue weighted by atomic mass is 10.2. The largest absolute Gasteiger partial charge is 0.329 e. The van der Waals surface area contributed by atoms with Crippen LogP contribution in [-0.2, 0) is 4.79 Å². The first-order chi connectivity index (χ1) is 7.70. The van der Waals surface area contributed by atoms with Crippen LogP contribution in [0.2, 0.25) is 0 Å².